The summed E-state index contributed by atoms with van der Waals surface area (Å²) >= 11 is 6.86. The lowest BCUT2D eigenvalue weighted by atomic mass is 9.93. The zero-order valence-corrected chi connectivity index (χ0v) is 12.8. The van der Waals surface area contributed by atoms with E-state index in [0.717, 1.165) is 25.0 Å². The van der Waals surface area contributed by atoms with Crippen LogP contribution in [0.15, 0.2) is 22.7 Å². The second-order valence-corrected chi connectivity index (χ2v) is 6.45. The number of hydrogen-bond acceptors (Lipinski definition) is 1. The van der Waals surface area contributed by atoms with Gasteiger partial charge in [-0.15, -0.1) is 0 Å². The second kappa shape index (κ2) is 5.81. The average Bonchev–Trinajstić information content (AvgIpc) is 2.32. The van der Waals surface area contributed by atoms with Gasteiger partial charge in [-0.25, -0.2) is 4.39 Å². The third kappa shape index (κ3) is 3.09. The fourth-order valence-corrected chi connectivity index (χ4v) is 3.24. The molecular formula is C13H15Br2FO. The summed E-state index contributed by atoms with van der Waals surface area (Å²) in [5.41, 5.74) is 0.921. The molecule has 0 unspecified atom stereocenters. The first-order chi connectivity index (χ1) is 8.11. The van der Waals surface area contributed by atoms with Crippen molar-refractivity contribution in [2.75, 3.05) is 6.61 Å². The molecule has 2 rings (SSSR count). The van der Waals surface area contributed by atoms with E-state index >= 15 is 0 Å². The molecule has 0 radical (unpaired) electrons. The van der Waals surface area contributed by atoms with Crippen molar-refractivity contribution in [1.82, 2.24) is 0 Å². The lowest BCUT2D eigenvalue weighted by Crippen LogP contribution is -2.29. The molecular weight excluding hydrogens is 351 g/mol. The van der Waals surface area contributed by atoms with Crippen molar-refractivity contribution in [3.05, 3.63) is 34.1 Å². The Balaban J connectivity index is 2.11. The van der Waals surface area contributed by atoms with Crippen LogP contribution < -0.4 is 0 Å². The van der Waals surface area contributed by atoms with Crippen molar-refractivity contribution < 1.29 is 9.13 Å². The van der Waals surface area contributed by atoms with Crippen molar-refractivity contribution in [2.45, 2.75) is 30.7 Å². The minimum absolute atomic E-state index is 0.00442. The molecule has 0 amide bonds. The highest BCUT2D eigenvalue weighted by Crippen LogP contribution is 2.36. The standard InChI is InChI=1S/C13H15Br2FO/c1-2-8-7-17-13(6-11(8)15)9-3-4-10(14)12(16)5-9/h3-5,8,11,13H,2,6-7H2,1H3/t8-,11-,13-/m1/s1. The highest BCUT2D eigenvalue weighted by molar-refractivity contribution is 9.10. The summed E-state index contributed by atoms with van der Waals surface area (Å²) in [6, 6.07) is 5.22. The third-order valence-electron chi connectivity index (χ3n) is 3.30. The molecule has 0 aromatic heterocycles. The first kappa shape index (κ1) is 13.5. The average molecular weight is 366 g/mol. The molecule has 1 aliphatic rings. The maximum absolute atomic E-state index is 13.5. The zero-order chi connectivity index (χ0) is 12.4. The van der Waals surface area contributed by atoms with Gasteiger partial charge >= 0.3 is 0 Å². The van der Waals surface area contributed by atoms with Crippen LogP contribution in [-0.4, -0.2) is 11.4 Å². The van der Waals surface area contributed by atoms with E-state index in [0.29, 0.717) is 15.2 Å². The summed E-state index contributed by atoms with van der Waals surface area (Å²) in [6.45, 7) is 2.91. The first-order valence-electron chi connectivity index (χ1n) is 5.82. The van der Waals surface area contributed by atoms with Crippen molar-refractivity contribution in [1.29, 1.82) is 0 Å². The molecule has 94 valence electrons. The molecule has 0 aliphatic carbocycles. The molecule has 1 aromatic carbocycles. The smallest absolute Gasteiger partial charge is 0.137 e. The van der Waals surface area contributed by atoms with Crippen LogP contribution in [0.4, 0.5) is 4.39 Å². The van der Waals surface area contributed by atoms with Crippen LogP contribution in [0.2, 0.25) is 0 Å². The maximum Gasteiger partial charge on any atom is 0.137 e. The number of alkyl halides is 1. The molecule has 4 heteroatoms. The molecule has 0 bridgehead atoms. The van der Waals surface area contributed by atoms with Crippen LogP contribution in [-0.2, 0) is 4.74 Å². The molecule has 1 heterocycles. The molecule has 17 heavy (non-hydrogen) atoms. The maximum atomic E-state index is 13.5. The molecule has 1 nitrogen and oxygen atoms in total. The second-order valence-electron chi connectivity index (χ2n) is 4.42. The largest absolute Gasteiger partial charge is 0.373 e. The van der Waals surface area contributed by atoms with Crippen molar-refractivity contribution in [2.24, 2.45) is 5.92 Å². The van der Waals surface area contributed by atoms with Crippen LogP contribution in [0.5, 0.6) is 0 Å². The summed E-state index contributed by atoms with van der Waals surface area (Å²) in [5, 5.41) is 0. The number of halogens is 3. The Bertz CT molecular complexity index is 397. The zero-order valence-electron chi connectivity index (χ0n) is 9.63. The van der Waals surface area contributed by atoms with E-state index in [-0.39, 0.29) is 11.9 Å². The molecule has 3 atom stereocenters. The Morgan fingerprint density at radius 1 is 1.47 bits per heavy atom. The van der Waals surface area contributed by atoms with E-state index in [4.69, 9.17) is 4.74 Å². The molecule has 1 aliphatic heterocycles. The van der Waals surface area contributed by atoms with Gasteiger partial charge in [-0.2, -0.15) is 0 Å². The van der Waals surface area contributed by atoms with Crippen LogP contribution in [0.3, 0.4) is 0 Å². The SMILES string of the molecule is CC[C@@H]1CO[C@@H](c2ccc(Br)c(F)c2)C[C@H]1Br. The highest BCUT2D eigenvalue weighted by atomic mass is 79.9. The molecule has 1 fully saturated rings. The summed E-state index contributed by atoms with van der Waals surface area (Å²) in [5.74, 6) is 0.335. The summed E-state index contributed by atoms with van der Waals surface area (Å²) in [6.07, 6.45) is 2.02. The highest BCUT2D eigenvalue weighted by Gasteiger charge is 2.29. The van der Waals surface area contributed by atoms with Gasteiger partial charge in [0.1, 0.15) is 5.82 Å². The summed E-state index contributed by atoms with van der Waals surface area (Å²) in [7, 11) is 0. The van der Waals surface area contributed by atoms with E-state index in [1.165, 1.54) is 0 Å². The van der Waals surface area contributed by atoms with Gasteiger partial charge in [0.05, 0.1) is 17.2 Å². The van der Waals surface area contributed by atoms with Crippen molar-refractivity contribution in [3.8, 4) is 0 Å². The topological polar surface area (TPSA) is 9.23 Å². The van der Waals surface area contributed by atoms with E-state index < -0.39 is 0 Å². The van der Waals surface area contributed by atoms with E-state index in [1.807, 2.05) is 6.07 Å². The van der Waals surface area contributed by atoms with Gasteiger partial charge < -0.3 is 4.74 Å². The van der Waals surface area contributed by atoms with Crippen molar-refractivity contribution in [3.63, 3.8) is 0 Å². The molecule has 1 aromatic rings. The number of hydrogen-bond donors (Lipinski definition) is 0. The first-order valence-corrected chi connectivity index (χ1v) is 7.53. The molecule has 1 saturated heterocycles. The number of benzene rings is 1. The normalized spacial score (nSPS) is 29.3. The molecule has 0 saturated carbocycles. The van der Waals surface area contributed by atoms with E-state index in [2.05, 4.69) is 38.8 Å². The summed E-state index contributed by atoms with van der Waals surface area (Å²) < 4.78 is 19.8. The minimum atomic E-state index is -0.227. The quantitative estimate of drug-likeness (QED) is 0.681. The Labute approximate surface area is 118 Å². The fourth-order valence-electron chi connectivity index (χ4n) is 2.13. The summed E-state index contributed by atoms with van der Waals surface area (Å²) in [4.78, 5) is 0.456. The fraction of sp³-hybridized carbons (Fsp3) is 0.538. The number of ether oxygens (including phenoxy) is 1. The minimum Gasteiger partial charge on any atom is -0.373 e. The van der Waals surface area contributed by atoms with E-state index in [1.54, 1.807) is 12.1 Å². The van der Waals surface area contributed by atoms with Crippen LogP contribution >= 0.6 is 31.9 Å². The monoisotopic (exact) mass is 364 g/mol. The van der Waals surface area contributed by atoms with Gasteiger partial charge in [0.2, 0.25) is 0 Å². The van der Waals surface area contributed by atoms with Gasteiger partial charge in [0.25, 0.3) is 0 Å². The number of rotatable bonds is 2. The van der Waals surface area contributed by atoms with Crippen LogP contribution in [0.25, 0.3) is 0 Å². The van der Waals surface area contributed by atoms with Gasteiger partial charge in [-0.1, -0.05) is 35.3 Å². The predicted molar refractivity (Wildman–Crippen MR) is 73.9 cm³/mol. The molecule has 0 spiro atoms. The van der Waals surface area contributed by atoms with Crippen molar-refractivity contribution >= 4 is 31.9 Å². The Hall–Kier alpha value is 0.0700. The van der Waals surface area contributed by atoms with Gasteiger partial charge in [0.15, 0.2) is 0 Å². The Morgan fingerprint density at radius 2 is 2.24 bits per heavy atom. The van der Waals surface area contributed by atoms with E-state index in [9.17, 15) is 4.39 Å². The predicted octanol–water partition coefficient (Wildman–Crippen LogP) is 4.84. The molecule has 0 N–H and O–H groups in total. The Morgan fingerprint density at radius 3 is 2.82 bits per heavy atom. The third-order valence-corrected chi connectivity index (χ3v) is 5.07. The van der Waals surface area contributed by atoms with Gasteiger partial charge in [-0.05, 0) is 46.0 Å². The van der Waals surface area contributed by atoms with Gasteiger partial charge in [-0.3, -0.25) is 0 Å². The van der Waals surface area contributed by atoms with Crippen LogP contribution in [0, 0.1) is 11.7 Å². The lowest BCUT2D eigenvalue weighted by Gasteiger charge is -2.33. The van der Waals surface area contributed by atoms with Crippen LogP contribution in [0.1, 0.15) is 31.4 Å². The Kier molecular flexibility index (Phi) is 4.61. The van der Waals surface area contributed by atoms with Gasteiger partial charge in [0, 0.05) is 4.83 Å². The lowest BCUT2D eigenvalue weighted by molar-refractivity contribution is -0.0133.